The number of aromatic carboxylic acids is 1. The van der Waals surface area contributed by atoms with Crippen LogP contribution in [0.15, 0.2) is 24.3 Å². The standard InChI is InChI=1S/C15H17N3O4S2/c1-9(2)13-17-18-15(23-13)16-12(19)8-24(22)7-10-4-3-5-11(6-10)14(20)21/h3-6,9H,7-8H2,1-2H3,(H,20,21)(H,16,18,19). The van der Waals surface area contributed by atoms with Crippen LogP contribution >= 0.6 is 11.3 Å². The maximum Gasteiger partial charge on any atom is 0.335 e. The molecule has 0 aliphatic carbocycles. The van der Waals surface area contributed by atoms with E-state index < -0.39 is 22.7 Å². The molecule has 1 unspecified atom stereocenters. The van der Waals surface area contributed by atoms with Gasteiger partial charge < -0.3 is 5.11 Å². The van der Waals surface area contributed by atoms with Gasteiger partial charge in [-0.15, -0.1) is 10.2 Å². The Kier molecular flexibility index (Phi) is 6.16. The van der Waals surface area contributed by atoms with Crippen LogP contribution in [-0.2, 0) is 21.3 Å². The number of hydrogen-bond donors (Lipinski definition) is 2. The van der Waals surface area contributed by atoms with Crippen LogP contribution in [0, 0.1) is 0 Å². The third-order valence-electron chi connectivity index (χ3n) is 2.97. The topological polar surface area (TPSA) is 109 Å². The summed E-state index contributed by atoms with van der Waals surface area (Å²) in [5.74, 6) is -1.30. The second-order valence-corrected chi connectivity index (χ2v) is 7.85. The summed E-state index contributed by atoms with van der Waals surface area (Å²) in [6, 6.07) is 6.19. The van der Waals surface area contributed by atoms with Gasteiger partial charge >= 0.3 is 5.97 Å². The predicted octanol–water partition coefficient (Wildman–Crippen LogP) is 2.25. The van der Waals surface area contributed by atoms with E-state index in [0.717, 1.165) is 5.01 Å². The molecule has 2 aromatic rings. The molecule has 0 aliphatic heterocycles. The average Bonchev–Trinajstić information content (AvgIpc) is 2.95. The Morgan fingerprint density at radius 2 is 2.08 bits per heavy atom. The molecule has 128 valence electrons. The SMILES string of the molecule is CC(C)c1nnc(NC(=O)CS(=O)Cc2cccc(C(=O)O)c2)s1. The van der Waals surface area contributed by atoms with Crippen LogP contribution in [0.3, 0.4) is 0 Å². The van der Waals surface area contributed by atoms with E-state index in [0.29, 0.717) is 10.7 Å². The molecule has 1 aromatic heterocycles. The molecule has 2 N–H and O–H groups in total. The first-order valence-corrected chi connectivity index (χ1v) is 9.46. The van der Waals surface area contributed by atoms with E-state index in [1.54, 1.807) is 12.1 Å². The van der Waals surface area contributed by atoms with Crippen LogP contribution in [0.5, 0.6) is 0 Å². The fraction of sp³-hybridized carbons (Fsp3) is 0.333. The van der Waals surface area contributed by atoms with Gasteiger partial charge in [-0.3, -0.25) is 14.3 Å². The Balaban J connectivity index is 1.90. The van der Waals surface area contributed by atoms with Gasteiger partial charge in [0.15, 0.2) is 0 Å². The van der Waals surface area contributed by atoms with Crippen LogP contribution in [-0.4, -0.2) is 37.1 Å². The number of benzene rings is 1. The molecule has 0 saturated carbocycles. The predicted molar refractivity (Wildman–Crippen MR) is 92.7 cm³/mol. The maximum absolute atomic E-state index is 12.1. The molecule has 0 bridgehead atoms. The summed E-state index contributed by atoms with van der Waals surface area (Å²) >= 11 is 1.29. The van der Waals surface area contributed by atoms with Crippen molar-refractivity contribution in [3.8, 4) is 0 Å². The molecule has 9 heteroatoms. The van der Waals surface area contributed by atoms with Crippen LogP contribution in [0.25, 0.3) is 0 Å². The minimum atomic E-state index is -1.45. The van der Waals surface area contributed by atoms with Crippen molar-refractivity contribution in [2.75, 3.05) is 11.1 Å². The molecule has 0 radical (unpaired) electrons. The molecular formula is C15H17N3O4S2. The average molecular weight is 367 g/mol. The highest BCUT2D eigenvalue weighted by Crippen LogP contribution is 2.22. The second kappa shape index (κ2) is 8.11. The number of aromatic nitrogens is 2. The Bertz CT molecular complexity index is 774. The molecule has 0 fully saturated rings. The quantitative estimate of drug-likeness (QED) is 0.777. The van der Waals surface area contributed by atoms with Gasteiger partial charge in [-0.25, -0.2) is 4.79 Å². The monoisotopic (exact) mass is 367 g/mol. The van der Waals surface area contributed by atoms with Gasteiger partial charge in [0.25, 0.3) is 0 Å². The number of carboxylic acid groups (broad SMARTS) is 1. The first kappa shape index (κ1) is 18.2. The van der Waals surface area contributed by atoms with E-state index >= 15 is 0 Å². The van der Waals surface area contributed by atoms with Crippen molar-refractivity contribution in [2.45, 2.75) is 25.5 Å². The minimum Gasteiger partial charge on any atom is -0.478 e. The van der Waals surface area contributed by atoms with E-state index in [9.17, 15) is 13.8 Å². The van der Waals surface area contributed by atoms with Crippen molar-refractivity contribution >= 4 is 39.1 Å². The van der Waals surface area contributed by atoms with Crippen LogP contribution in [0.2, 0.25) is 0 Å². The van der Waals surface area contributed by atoms with Crippen LogP contribution in [0.1, 0.15) is 40.7 Å². The highest BCUT2D eigenvalue weighted by atomic mass is 32.2. The zero-order valence-corrected chi connectivity index (χ0v) is 14.8. The molecule has 0 saturated heterocycles. The minimum absolute atomic E-state index is 0.113. The number of amides is 1. The van der Waals surface area contributed by atoms with E-state index in [1.807, 2.05) is 13.8 Å². The van der Waals surface area contributed by atoms with E-state index in [4.69, 9.17) is 5.11 Å². The van der Waals surface area contributed by atoms with Crippen molar-refractivity contribution in [3.63, 3.8) is 0 Å². The molecule has 0 aliphatic rings. The van der Waals surface area contributed by atoms with Gasteiger partial charge in [-0.05, 0) is 17.7 Å². The molecule has 1 amide bonds. The lowest BCUT2D eigenvalue weighted by Crippen LogP contribution is -2.20. The Morgan fingerprint density at radius 3 is 2.71 bits per heavy atom. The lowest BCUT2D eigenvalue weighted by molar-refractivity contribution is -0.113. The van der Waals surface area contributed by atoms with Gasteiger partial charge in [-0.1, -0.05) is 37.3 Å². The third kappa shape index (κ3) is 5.20. The van der Waals surface area contributed by atoms with E-state index in [1.165, 1.54) is 23.5 Å². The summed E-state index contributed by atoms with van der Waals surface area (Å²) in [7, 11) is -1.45. The molecule has 2 rings (SSSR count). The number of carbonyl (C=O) groups is 2. The van der Waals surface area contributed by atoms with E-state index in [-0.39, 0.29) is 23.0 Å². The number of carboxylic acids is 1. The molecular weight excluding hydrogens is 350 g/mol. The van der Waals surface area contributed by atoms with Gasteiger partial charge in [0.2, 0.25) is 11.0 Å². The smallest absolute Gasteiger partial charge is 0.335 e. The van der Waals surface area contributed by atoms with Gasteiger partial charge in [0.05, 0.1) is 5.56 Å². The van der Waals surface area contributed by atoms with Crippen molar-refractivity contribution < 1.29 is 18.9 Å². The number of hydrogen-bond acceptors (Lipinski definition) is 6. The van der Waals surface area contributed by atoms with Crippen LogP contribution < -0.4 is 5.32 Å². The zero-order valence-electron chi connectivity index (χ0n) is 13.2. The fourth-order valence-corrected chi connectivity index (χ4v) is 3.63. The second-order valence-electron chi connectivity index (χ2n) is 5.38. The van der Waals surface area contributed by atoms with Crippen molar-refractivity contribution in [3.05, 3.63) is 40.4 Å². The number of nitrogens with one attached hydrogen (secondary N) is 1. The Morgan fingerprint density at radius 1 is 1.33 bits per heavy atom. The number of anilines is 1. The lowest BCUT2D eigenvalue weighted by Gasteiger charge is -2.04. The maximum atomic E-state index is 12.1. The Hall–Kier alpha value is -2.13. The number of nitrogens with zero attached hydrogens (tertiary/aromatic N) is 2. The van der Waals surface area contributed by atoms with E-state index in [2.05, 4.69) is 15.5 Å². The van der Waals surface area contributed by atoms with Gasteiger partial charge in [-0.2, -0.15) is 0 Å². The summed E-state index contributed by atoms with van der Waals surface area (Å²) < 4.78 is 12.1. The molecule has 0 spiro atoms. The van der Waals surface area contributed by atoms with Gasteiger partial charge in [0, 0.05) is 22.5 Å². The summed E-state index contributed by atoms with van der Waals surface area (Å²) in [6.45, 7) is 3.96. The molecule has 7 nitrogen and oxygen atoms in total. The molecule has 1 atom stereocenters. The largest absolute Gasteiger partial charge is 0.478 e. The summed E-state index contributed by atoms with van der Waals surface area (Å²) in [4.78, 5) is 22.8. The fourth-order valence-electron chi connectivity index (χ4n) is 1.85. The van der Waals surface area contributed by atoms with Gasteiger partial charge in [0.1, 0.15) is 10.8 Å². The number of carbonyl (C=O) groups excluding carboxylic acids is 1. The number of rotatable bonds is 7. The summed E-state index contributed by atoms with van der Waals surface area (Å²) in [5.41, 5.74) is 0.739. The Labute approximate surface area is 145 Å². The third-order valence-corrected chi connectivity index (χ3v) is 5.35. The first-order valence-electron chi connectivity index (χ1n) is 7.15. The van der Waals surface area contributed by atoms with Crippen LogP contribution in [0.4, 0.5) is 5.13 Å². The van der Waals surface area contributed by atoms with Crippen molar-refractivity contribution in [2.24, 2.45) is 0 Å². The summed E-state index contributed by atoms with van der Waals surface area (Å²) in [6.07, 6.45) is 0. The van der Waals surface area contributed by atoms with Crippen molar-refractivity contribution in [1.29, 1.82) is 0 Å². The lowest BCUT2D eigenvalue weighted by atomic mass is 10.1. The molecule has 1 aromatic carbocycles. The first-order chi connectivity index (χ1) is 11.3. The molecule has 1 heterocycles. The highest BCUT2D eigenvalue weighted by molar-refractivity contribution is 7.84. The normalized spacial score (nSPS) is 12.1. The molecule has 24 heavy (non-hydrogen) atoms. The zero-order chi connectivity index (χ0) is 17.7. The summed E-state index contributed by atoms with van der Waals surface area (Å²) in [5, 5.41) is 20.6. The van der Waals surface area contributed by atoms with Crippen molar-refractivity contribution in [1.82, 2.24) is 10.2 Å². The highest BCUT2D eigenvalue weighted by Gasteiger charge is 2.14.